The number of ether oxygens (including phenoxy) is 1. The molecule has 1 aromatic carbocycles. The third-order valence-electron chi connectivity index (χ3n) is 2.51. The summed E-state index contributed by atoms with van der Waals surface area (Å²) in [5.74, 6) is 0.883. The monoisotopic (exact) mass is 259 g/mol. The summed E-state index contributed by atoms with van der Waals surface area (Å²) < 4.78 is 5.55. The van der Waals surface area contributed by atoms with Gasteiger partial charge in [-0.15, -0.1) is 12.4 Å². The van der Waals surface area contributed by atoms with Crippen LogP contribution in [0.25, 0.3) is 0 Å². The molecule has 3 nitrogen and oxygen atoms in total. The van der Waals surface area contributed by atoms with E-state index in [1.54, 1.807) is 0 Å². The molecule has 0 saturated carbocycles. The largest absolute Gasteiger partial charge is 0.494 e. The maximum absolute atomic E-state index is 8.79. The highest BCUT2D eigenvalue weighted by Crippen LogP contribution is 2.18. The Labute approximate surface area is 109 Å². The molecular weight excluding hydrogens is 238 g/mol. The predicted octanol–water partition coefficient (Wildman–Crippen LogP) is 2.67. The number of rotatable bonds is 7. The molecule has 1 atom stereocenters. The minimum atomic E-state index is -0.0882. The van der Waals surface area contributed by atoms with Gasteiger partial charge in [0.25, 0.3) is 0 Å². The zero-order valence-electron chi connectivity index (χ0n) is 10.3. The fourth-order valence-electron chi connectivity index (χ4n) is 1.45. The van der Waals surface area contributed by atoms with Crippen molar-refractivity contribution in [3.05, 3.63) is 29.8 Å². The summed E-state index contributed by atoms with van der Waals surface area (Å²) in [4.78, 5) is 0. The molecule has 0 heterocycles. The Kier molecular flexibility index (Phi) is 8.86. The van der Waals surface area contributed by atoms with Crippen molar-refractivity contribution in [1.29, 1.82) is 0 Å². The smallest absolute Gasteiger partial charge is 0.119 e. The molecule has 0 saturated heterocycles. The second kappa shape index (κ2) is 9.28. The standard InChI is InChI=1S/C13H21NO2.ClH/c1-2-3-10-16-12-6-4-11(5-7-12)13(14)8-9-15;/h4-7,13,15H,2-3,8-10,14H2,1H3;1H. The van der Waals surface area contributed by atoms with Gasteiger partial charge in [0.05, 0.1) is 6.61 Å². The van der Waals surface area contributed by atoms with Crippen molar-refractivity contribution in [3.8, 4) is 5.75 Å². The fraction of sp³-hybridized carbons (Fsp3) is 0.538. The van der Waals surface area contributed by atoms with Gasteiger partial charge in [-0.05, 0) is 30.5 Å². The number of aliphatic hydroxyl groups excluding tert-OH is 1. The van der Waals surface area contributed by atoms with Crippen molar-refractivity contribution in [2.24, 2.45) is 5.73 Å². The van der Waals surface area contributed by atoms with Crippen LogP contribution >= 0.6 is 12.4 Å². The van der Waals surface area contributed by atoms with Gasteiger partial charge in [0, 0.05) is 12.6 Å². The zero-order chi connectivity index (χ0) is 11.8. The van der Waals surface area contributed by atoms with Gasteiger partial charge in [-0.25, -0.2) is 0 Å². The van der Waals surface area contributed by atoms with Gasteiger partial charge in [0.15, 0.2) is 0 Å². The van der Waals surface area contributed by atoms with Crippen LogP contribution in [0.15, 0.2) is 24.3 Å². The van der Waals surface area contributed by atoms with Gasteiger partial charge in [0.1, 0.15) is 5.75 Å². The number of benzene rings is 1. The Hall–Kier alpha value is -0.770. The van der Waals surface area contributed by atoms with Gasteiger partial charge in [-0.1, -0.05) is 25.5 Å². The number of unbranched alkanes of at least 4 members (excludes halogenated alkanes) is 1. The molecule has 4 heteroatoms. The van der Waals surface area contributed by atoms with E-state index in [-0.39, 0.29) is 25.1 Å². The molecule has 0 radical (unpaired) electrons. The van der Waals surface area contributed by atoms with Crippen molar-refractivity contribution >= 4 is 12.4 Å². The SMILES string of the molecule is CCCCOc1ccc(C(N)CCO)cc1.Cl. The first kappa shape index (κ1) is 16.2. The maximum atomic E-state index is 8.79. The quantitative estimate of drug-likeness (QED) is 0.741. The summed E-state index contributed by atoms with van der Waals surface area (Å²) in [6.45, 7) is 3.02. The lowest BCUT2D eigenvalue weighted by molar-refractivity contribution is 0.276. The van der Waals surface area contributed by atoms with Crippen molar-refractivity contribution in [2.45, 2.75) is 32.2 Å². The lowest BCUT2D eigenvalue weighted by atomic mass is 10.1. The van der Waals surface area contributed by atoms with E-state index in [1.165, 1.54) is 0 Å². The Morgan fingerprint density at radius 3 is 2.47 bits per heavy atom. The second-order valence-corrected chi connectivity index (χ2v) is 3.89. The molecule has 0 bridgehead atoms. The number of hydrogen-bond donors (Lipinski definition) is 2. The van der Waals surface area contributed by atoms with Gasteiger partial charge >= 0.3 is 0 Å². The average Bonchev–Trinajstić information content (AvgIpc) is 2.30. The molecule has 1 unspecified atom stereocenters. The molecule has 0 aliphatic rings. The van der Waals surface area contributed by atoms with Crippen LogP contribution in [-0.2, 0) is 0 Å². The molecule has 0 amide bonds. The topological polar surface area (TPSA) is 55.5 Å². The van der Waals surface area contributed by atoms with Crippen LogP contribution in [0.2, 0.25) is 0 Å². The lowest BCUT2D eigenvalue weighted by Gasteiger charge is -2.11. The van der Waals surface area contributed by atoms with Crippen LogP contribution in [-0.4, -0.2) is 18.3 Å². The van der Waals surface area contributed by atoms with E-state index in [9.17, 15) is 0 Å². The molecule has 98 valence electrons. The predicted molar refractivity (Wildman–Crippen MR) is 72.7 cm³/mol. The van der Waals surface area contributed by atoms with Crippen molar-refractivity contribution in [2.75, 3.05) is 13.2 Å². The van der Waals surface area contributed by atoms with Crippen molar-refractivity contribution in [3.63, 3.8) is 0 Å². The highest BCUT2D eigenvalue weighted by molar-refractivity contribution is 5.85. The summed E-state index contributed by atoms with van der Waals surface area (Å²) in [7, 11) is 0. The first-order valence-corrected chi connectivity index (χ1v) is 5.87. The number of hydrogen-bond acceptors (Lipinski definition) is 3. The van der Waals surface area contributed by atoms with Crippen LogP contribution in [0.5, 0.6) is 5.75 Å². The molecule has 3 N–H and O–H groups in total. The van der Waals surface area contributed by atoms with Crippen LogP contribution in [0.1, 0.15) is 37.8 Å². The van der Waals surface area contributed by atoms with Crippen molar-refractivity contribution in [1.82, 2.24) is 0 Å². The molecule has 1 rings (SSSR count). The summed E-state index contributed by atoms with van der Waals surface area (Å²) in [5, 5.41) is 8.79. The van der Waals surface area contributed by atoms with E-state index in [2.05, 4.69) is 6.92 Å². The van der Waals surface area contributed by atoms with E-state index in [4.69, 9.17) is 15.6 Å². The summed E-state index contributed by atoms with van der Waals surface area (Å²) in [6, 6.07) is 7.70. The highest BCUT2D eigenvalue weighted by atomic mass is 35.5. The Balaban J connectivity index is 0.00000256. The first-order chi connectivity index (χ1) is 7.77. The third kappa shape index (κ3) is 5.91. The number of halogens is 1. The van der Waals surface area contributed by atoms with Gasteiger partial charge in [-0.3, -0.25) is 0 Å². The Bertz CT molecular complexity index is 290. The number of aliphatic hydroxyl groups is 1. The van der Waals surface area contributed by atoms with E-state index >= 15 is 0 Å². The fourth-order valence-corrected chi connectivity index (χ4v) is 1.45. The summed E-state index contributed by atoms with van der Waals surface area (Å²) in [6.07, 6.45) is 2.81. The van der Waals surface area contributed by atoms with Crippen LogP contribution in [0.3, 0.4) is 0 Å². The minimum absolute atomic E-state index is 0. The second-order valence-electron chi connectivity index (χ2n) is 3.89. The summed E-state index contributed by atoms with van der Waals surface area (Å²) >= 11 is 0. The summed E-state index contributed by atoms with van der Waals surface area (Å²) in [5.41, 5.74) is 6.92. The first-order valence-electron chi connectivity index (χ1n) is 5.87. The molecule has 0 aliphatic heterocycles. The maximum Gasteiger partial charge on any atom is 0.119 e. The van der Waals surface area contributed by atoms with Crippen LogP contribution in [0.4, 0.5) is 0 Å². The van der Waals surface area contributed by atoms with E-state index < -0.39 is 0 Å². The molecule has 0 spiro atoms. The van der Waals surface area contributed by atoms with Gasteiger partial charge in [0.2, 0.25) is 0 Å². The van der Waals surface area contributed by atoms with Crippen LogP contribution in [0, 0.1) is 0 Å². The Morgan fingerprint density at radius 1 is 1.29 bits per heavy atom. The lowest BCUT2D eigenvalue weighted by Crippen LogP contribution is -2.11. The van der Waals surface area contributed by atoms with Gasteiger partial charge in [-0.2, -0.15) is 0 Å². The highest BCUT2D eigenvalue weighted by Gasteiger charge is 2.04. The Morgan fingerprint density at radius 2 is 1.94 bits per heavy atom. The minimum Gasteiger partial charge on any atom is -0.494 e. The van der Waals surface area contributed by atoms with Crippen LogP contribution < -0.4 is 10.5 Å². The van der Waals surface area contributed by atoms with E-state index in [1.807, 2.05) is 24.3 Å². The molecule has 0 fully saturated rings. The molecule has 17 heavy (non-hydrogen) atoms. The third-order valence-corrected chi connectivity index (χ3v) is 2.51. The van der Waals surface area contributed by atoms with Gasteiger partial charge < -0.3 is 15.6 Å². The van der Waals surface area contributed by atoms with E-state index in [0.717, 1.165) is 30.8 Å². The molecule has 0 aliphatic carbocycles. The normalized spacial score (nSPS) is 11.7. The van der Waals surface area contributed by atoms with E-state index in [0.29, 0.717) is 6.42 Å². The molecular formula is C13H22ClNO2. The molecule has 0 aromatic heterocycles. The zero-order valence-corrected chi connectivity index (χ0v) is 11.1. The molecule has 1 aromatic rings. The van der Waals surface area contributed by atoms with Crippen molar-refractivity contribution < 1.29 is 9.84 Å². The number of nitrogens with two attached hydrogens (primary N) is 1. The average molecular weight is 260 g/mol.